The highest BCUT2D eigenvalue weighted by Gasteiger charge is 2.12. The van der Waals surface area contributed by atoms with Gasteiger partial charge in [-0.2, -0.15) is 10.4 Å². The van der Waals surface area contributed by atoms with E-state index in [0.29, 0.717) is 5.56 Å². The van der Waals surface area contributed by atoms with Crippen molar-refractivity contribution in [3.8, 4) is 17.5 Å². The lowest BCUT2D eigenvalue weighted by atomic mass is 10.1. The summed E-state index contributed by atoms with van der Waals surface area (Å²) in [4.78, 5) is 0. The van der Waals surface area contributed by atoms with Crippen molar-refractivity contribution in [3.05, 3.63) is 42.2 Å². The fourth-order valence-corrected chi connectivity index (χ4v) is 1.72. The molecule has 4 nitrogen and oxygen atoms in total. The number of nitriles is 1. The molecule has 0 fully saturated rings. The molecule has 0 spiro atoms. The van der Waals surface area contributed by atoms with Crippen molar-refractivity contribution in [1.29, 1.82) is 5.26 Å². The highest BCUT2D eigenvalue weighted by Crippen LogP contribution is 2.23. The van der Waals surface area contributed by atoms with Crippen LogP contribution in [-0.4, -0.2) is 14.6 Å². The molecule has 0 atom stereocenters. The van der Waals surface area contributed by atoms with Crippen molar-refractivity contribution in [1.82, 2.24) is 14.6 Å². The number of hydrogen-bond donors (Lipinski definition) is 0. The van der Waals surface area contributed by atoms with Gasteiger partial charge in [0, 0.05) is 11.8 Å². The van der Waals surface area contributed by atoms with Crippen molar-refractivity contribution in [2.45, 2.75) is 0 Å². The molecule has 4 heteroatoms. The Bertz CT molecular complexity index is 647. The van der Waals surface area contributed by atoms with Crippen LogP contribution in [0.4, 0.5) is 0 Å². The number of hydrogen-bond acceptors (Lipinski definition) is 3. The van der Waals surface area contributed by atoms with Gasteiger partial charge < -0.3 is 0 Å². The lowest BCUT2D eigenvalue weighted by molar-refractivity contribution is 1.03. The third kappa shape index (κ3) is 1.00. The fourth-order valence-electron chi connectivity index (χ4n) is 1.72. The largest absolute Gasteiger partial charge is 0.298 e. The minimum Gasteiger partial charge on any atom is -0.298 e. The maximum absolute atomic E-state index is 9.03. The molecular weight excluding hydrogens is 188 g/mol. The average molecular weight is 194 g/mol. The van der Waals surface area contributed by atoms with Gasteiger partial charge >= 0.3 is 0 Å². The molecule has 0 aliphatic carbocycles. The summed E-state index contributed by atoms with van der Waals surface area (Å²) in [6.45, 7) is 0. The van der Waals surface area contributed by atoms with Gasteiger partial charge in [-0.15, -0.1) is 5.10 Å². The van der Waals surface area contributed by atoms with Crippen molar-refractivity contribution in [3.63, 3.8) is 0 Å². The van der Waals surface area contributed by atoms with E-state index >= 15 is 0 Å². The van der Waals surface area contributed by atoms with Crippen LogP contribution < -0.4 is 0 Å². The van der Waals surface area contributed by atoms with Gasteiger partial charge in [0.15, 0.2) is 5.82 Å². The van der Waals surface area contributed by atoms with Gasteiger partial charge in [0.2, 0.25) is 0 Å². The average Bonchev–Trinajstić information content (AvgIpc) is 2.76. The summed E-state index contributed by atoms with van der Waals surface area (Å²) in [7, 11) is 0. The van der Waals surface area contributed by atoms with Crippen LogP contribution in [0.15, 0.2) is 36.7 Å². The quantitative estimate of drug-likeness (QED) is 0.547. The second-order valence-electron chi connectivity index (χ2n) is 3.25. The zero-order valence-electron chi connectivity index (χ0n) is 7.75. The molecule has 0 bridgehead atoms. The summed E-state index contributed by atoms with van der Waals surface area (Å²) in [5, 5.41) is 16.9. The van der Waals surface area contributed by atoms with Crippen LogP contribution in [0.2, 0.25) is 0 Å². The molecule has 3 rings (SSSR count). The standard InChI is InChI=1S/C11H6N4/c12-6-8-5-9-7-13-14-11(9)15-4-2-1-3-10(8)15/h1-5,7H. The highest BCUT2D eigenvalue weighted by molar-refractivity contribution is 5.71. The molecule has 0 amide bonds. The third-order valence-corrected chi connectivity index (χ3v) is 2.39. The van der Waals surface area contributed by atoms with Crippen molar-refractivity contribution in [2.75, 3.05) is 0 Å². The Kier molecular flexibility index (Phi) is 1.48. The molecule has 0 unspecified atom stereocenters. The van der Waals surface area contributed by atoms with Crippen molar-refractivity contribution >= 4 is 5.52 Å². The molecule has 70 valence electrons. The van der Waals surface area contributed by atoms with Crippen molar-refractivity contribution in [2.24, 2.45) is 0 Å². The number of nitrogens with zero attached hydrogens (tertiary/aromatic N) is 4. The van der Waals surface area contributed by atoms with Gasteiger partial charge in [-0.3, -0.25) is 4.40 Å². The Morgan fingerprint density at radius 1 is 1.33 bits per heavy atom. The normalized spacial score (nSPS) is 10.6. The zero-order valence-corrected chi connectivity index (χ0v) is 7.75. The van der Waals surface area contributed by atoms with Crippen LogP contribution in [0.3, 0.4) is 0 Å². The van der Waals surface area contributed by atoms with Crippen LogP contribution in [-0.2, 0) is 0 Å². The predicted molar refractivity (Wildman–Crippen MR) is 54.3 cm³/mol. The molecule has 0 saturated carbocycles. The Morgan fingerprint density at radius 2 is 2.27 bits per heavy atom. The highest BCUT2D eigenvalue weighted by atomic mass is 15.2. The Labute approximate surface area is 85.8 Å². The van der Waals surface area contributed by atoms with Crippen LogP contribution >= 0.6 is 0 Å². The number of rotatable bonds is 0. The SMILES string of the molecule is N#Cc1cc2cnnc-2n2ccccc12. The van der Waals surface area contributed by atoms with Gasteiger partial charge in [0.1, 0.15) is 6.07 Å². The molecule has 2 aliphatic heterocycles. The third-order valence-electron chi connectivity index (χ3n) is 2.39. The molecule has 0 saturated heterocycles. The Morgan fingerprint density at radius 3 is 3.13 bits per heavy atom. The Balaban J connectivity index is 2.60. The first-order valence-corrected chi connectivity index (χ1v) is 4.52. The summed E-state index contributed by atoms with van der Waals surface area (Å²) in [5.74, 6) is 0.782. The zero-order chi connectivity index (χ0) is 10.3. The molecule has 1 aromatic heterocycles. The molecule has 1 aromatic rings. The molecule has 3 heterocycles. The van der Waals surface area contributed by atoms with E-state index in [1.165, 1.54) is 0 Å². The van der Waals surface area contributed by atoms with E-state index in [9.17, 15) is 0 Å². The molecule has 15 heavy (non-hydrogen) atoms. The summed E-state index contributed by atoms with van der Waals surface area (Å²) in [6.07, 6.45) is 3.54. The van der Waals surface area contributed by atoms with Gasteiger partial charge in [0.05, 0.1) is 17.3 Å². The van der Waals surface area contributed by atoms with Crippen LogP contribution in [0.5, 0.6) is 0 Å². The Hall–Kier alpha value is -2.41. The number of fused-ring (bicyclic) bond motifs is 3. The fraction of sp³-hybridized carbons (Fsp3) is 0. The maximum atomic E-state index is 9.03. The summed E-state index contributed by atoms with van der Waals surface area (Å²) in [5.41, 5.74) is 2.38. The van der Waals surface area contributed by atoms with Crippen LogP contribution in [0.1, 0.15) is 5.56 Å². The van der Waals surface area contributed by atoms with E-state index in [0.717, 1.165) is 16.9 Å². The second kappa shape index (κ2) is 2.79. The molecule has 2 aliphatic rings. The topological polar surface area (TPSA) is 54.0 Å². The van der Waals surface area contributed by atoms with Gasteiger partial charge in [-0.1, -0.05) is 6.07 Å². The minimum absolute atomic E-state index is 0.637. The van der Waals surface area contributed by atoms with Crippen LogP contribution in [0.25, 0.3) is 16.9 Å². The first-order chi connectivity index (χ1) is 7.40. The summed E-state index contributed by atoms with van der Waals surface area (Å²) >= 11 is 0. The smallest absolute Gasteiger partial charge is 0.168 e. The van der Waals surface area contributed by atoms with E-state index in [4.69, 9.17) is 5.26 Å². The predicted octanol–water partition coefficient (Wildman–Crippen LogP) is 1.71. The number of pyridine rings is 2. The van der Waals surface area contributed by atoms with E-state index in [1.54, 1.807) is 6.20 Å². The number of aromatic nitrogens is 3. The second-order valence-corrected chi connectivity index (χ2v) is 3.25. The molecular formula is C11H6N4. The van der Waals surface area contributed by atoms with Gasteiger partial charge in [0.25, 0.3) is 0 Å². The molecule has 0 N–H and O–H groups in total. The first kappa shape index (κ1) is 7.94. The van der Waals surface area contributed by atoms with Crippen molar-refractivity contribution < 1.29 is 0 Å². The molecule has 0 aromatic carbocycles. The lowest BCUT2D eigenvalue weighted by Gasteiger charge is -2.06. The van der Waals surface area contributed by atoms with Crippen LogP contribution in [0, 0.1) is 11.3 Å². The first-order valence-electron chi connectivity index (χ1n) is 4.52. The minimum atomic E-state index is 0.637. The van der Waals surface area contributed by atoms with E-state index in [2.05, 4.69) is 16.3 Å². The lowest BCUT2D eigenvalue weighted by Crippen LogP contribution is -1.97. The van der Waals surface area contributed by atoms with E-state index in [-0.39, 0.29) is 0 Å². The molecule has 0 radical (unpaired) electrons. The van der Waals surface area contributed by atoms with Gasteiger partial charge in [-0.25, -0.2) is 0 Å². The maximum Gasteiger partial charge on any atom is 0.168 e. The van der Waals surface area contributed by atoms with E-state index < -0.39 is 0 Å². The van der Waals surface area contributed by atoms with E-state index in [1.807, 2.05) is 34.9 Å². The summed E-state index contributed by atoms with van der Waals surface area (Å²) in [6, 6.07) is 9.69. The monoisotopic (exact) mass is 194 g/mol. The summed E-state index contributed by atoms with van der Waals surface area (Å²) < 4.78 is 1.88. The van der Waals surface area contributed by atoms with Gasteiger partial charge in [-0.05, 0) is 18.2 Å².